The summed E-state index contributed by atoms with van der Waals surface area (Å²) in [5.41, 5.74) is -0.0324. The van der Waals surface area contributed by atoms with Crippen LogP contribution in [0.15, 0.2) is 24.3 Å². The number of rotatable bonds is 7. The number of piperidine rings is 1. The molecular formula is C18H24FN5. The first-order valence-corrected chi connectivity index (χ1v) is 8.30. The van der Waals surface area contributed by atoms with E-state index in [1.807, 2.05) is 12.1 Å². The van der Waals surface area contributed by atoms with Gasteiger partial charge in [0.2, 0.25) is 5.54 Å². The van der Waals surface area contributed by atoms with E-state index in [0.717, 1.165) is 38.0 Å². The molecule has 1 aliphatic heterocycles. The second-order valence-electron chi connectivity index (χ2n) is 6.39. The first-order chi connectivity index (χ1) is 11.6. The predicted molar refractivity (Wildman–Crippen MR) is 90.3 cm³/mol. The molecule has 128 valence electrons. The standard InChI is InChI=1S/C18H24FN5/c1-22-14-18(12-20,13-21)23-10-15-6-8-24(9-7-15)11-16-2-4-17(19)5-3-16/h2-5,15,22-23H,6-11,14H2,1H3. The number of hydrogen-bond acceptors (Lipinski definition) is 5. The van der Waals surface area contributed by atoms with E-state index in [2.05, 4.69) is 27.7 Å². The summed E-state index contributed by atoms with van der Waals surface area (Å²) >= 11 is 0. The lowest BCUT2D eigenvalue weighted by Gasteiger charge is -2.33. The first-order valence-electron chi connectivity index (χ1n) is 8.30. The fraction of sp³-hybridized carbons (Fsp3) is 0.556. The number of likely N-dealkylation sites (N-methyl/N-ethyl adjacent to an activating group) is 1. The van der Waals surface area contributed by atoms with Crippen molar-refractivity contribution in [3.63, 3.8) is 0 Å². The average molecular weight is 329 g/mol. The van der Waals surface area contributed by atoms with Gasteiger partial charge in [-0.15, -0.1) is 0 Å². The number of nitriles is 2. The summed E-state index contributed by atoms with van der Waals surface area (Å²) < 4.78 is 12.9. The molecule has 1 fully saturated rings. The maximum absolute atomic E-state index is 12.9. The zero-order valence-corrected chi connectivity index (χ0v) is 14.1. The van der Waals surface area contributed by atoms with Gasteiger partial charge in [-0.05, 0) is 56.6 Å². The Kier molecular flexibility index (Phi) is 6.69. The third kappa shape index (κ3) is 5.01. The van der Waals surface area contributed by atoms with Crippen LogP contribution in [0.5, 0.6) is 0 Å². The van der Waals surface area contributed by atoms with Crippen molar-refractivity contribution in [2.24, 2.45) is 5.92 Å². The number of halogens is 1. The third-order valence-electron chi connectivity index (χ3n) is 4.54. The van der Waals surface area contributed by atoms with Crippen molar-refractivity contribution in [3.8, 4) is 12.1 Å². The van der Waals surface area contributed by atoms with E-state index in [1.165, 1.54) is 12.1 Å². The lowest BCUT2D eigenvalue weighted by molar-refractivity contribution is 0.172. The quantitative estimate of drug-likeness (QED) is 0.795. The Morgan fingerprint density at radius 1 is 1.21 bits per heavy atom. The Morgan fingerprint density at radius 3 is 2.38 bits per heavy atom. The summed E-state index contributed by atoms with van der Waals surface area (Å²) in [5.74, 6) is 0.260. The topological polar surface area (TPSA) is 74.9 Å². The molecule has 6 heteroatoms. The van der Waals surface area contributed by atoms with Crippen LogP contribution in [0.3, 0.4) is 0 Å². The Labute approximate surface area is 143 Å². The molecule has 0 spiro atoms. The molecule has 2 rings (SSSR count). The van der Waals surface area contributed by atoms with E-state index in [-0.39, 0.29) is 5.82 Å². The molecule has 1 aromatic carbocycles. The van der Waals surface area contributed by atoms with Crippen molar-refractivity contribution in [1.29, 1.82) is 10.5 Å². The maximum Gasteiger partial charge on any atom is 0.206 e. The molecule has 0 aliphatic carbocycles. The van der Waals surface area contributed by atoms with E-state index in [0.29, 0.717) is 19.0 Å². The highest BCUT2D eigenvalue weighted by molar-refractivity contribution is 5.23. The molecule has 2 N–H and O–H groups in total. The first kappa shape index (κ1) is 18.4. The number of nitrogens with one attached hydrogen (secondary N) is 2. The molecule has 0 aromatic heterocycles. The maximum atomic E-state index is 12.9. The molecule has 1 aliphatic rings. The van der Waals surface area contributed by atoms with Gasteiger partial charge in [-0.25, -0.2) is 4.39 Å². The molecule has 1 heterocycles. The third-order valence-corrected chi connectivity index (χ3v) is 4.54. The van der Waals surface area contributed by atoms with Gasteiger partial charge in [0.1, 0.15) is 18.0 Å². The minimum Gasteiger partial charge on any atom is -0.316 e. The zero-order chi connectivity index (χ0) is 17.4. The summed E-state index contributed by atoms with van der Waals surface area (Å²) in [6, 6.07) is 10.8. The molecule has 1 saturated heterocycles. The molecule has 24 heavy (non-hydrogen) atoms. The van der Waals surface area contributed by atoms with E-state index in [4.69, 9.17) is 0 Å². The fourth-order valence-corrected chi connectivity index (χ4v) is 3.03. The minimum atomic E-state index is -1.15. The SMILES string of the molecule is CNCC(C#N)(C#N)NCC1CCN(Cc2ccc(F)cc2)CC1. The second-order valence-corrected chi connectivity index (χ2v) is 6.39. The van der Waals surface area contributed by atoms with Gasteiger partial charge in [-0.1, -0.05) is 12.1 Å². The van der Waals surface area contributed by atoms with Gasteiger partial charge in [-0.2, -0.15) is 10.5 Å². The highest BCUT2D eigenvalue weighted by Crippen LogP contribution is 2.19. The van der Waals surface area contributed by atoms with E-state index >= 15 is 0 Å². The Hall–Kier alpha value is -1.99. The molecule has 0 radical (unpaired) electrons. The lowest BCUT2D eigenvalue weighted by atomic mass is 9.94. The molecule has 0 saturated carbocycles. The van der Waals surface area contributed by atoms with Crippen LogP contribution in [-0.2, 0) is 6.54 Å². The molecule has 0 atom stereocenters. The summed E-state index contributed by atoms with van der Waals surface area (Å²) in [6.07, 6.45) is 2.06. The molecular weight excluding hydrogens is 305 g/mol. The van der Waals surface area contributed by atoms with Crippen LogP contribution in [0.25, 0.3) is 0 Å². The second kappa shape index (κ2) is 8.75. The van der Waals surface area contributed by atoms with Crippen molar-refractivity contribution < 1.29 is 4.39 Å². The van der Waals surface area contributed by atoms with E-state index in [9.17, 15) is 14.9 Å². The van der Waals surface area contributed by atoms with Gasteiger partial charge in [0, 0.05) is 19.6 Å². The normalized spacial score (nSPS) is 16.5. The largest absolute Gasteiger partial charge is 0.316 e. The van der Waals surface area contributed by atoms with E-state index < -0.39 is 5.54 Å². The molecule has 0 unspecified atom stereocenters. The van der Waals surface area contributed by atoms with Crippen LogP contribution in [0.4, 0.5) is 4.39 Å². The summed E-state index contributed by atoms with van der Waals surface area (Å²) in [4.78, 5) is 2.36. The Balaban J connectivity index is 1.77. The Bertz CT molecular complexity index is 579. The average Bonchev–Trinajstić information content (AvgIpc) is 2.62. The minimum absolute atomic E-state index is 0.205. The van der Waals surface area contributed by atoms with Crippen LogP contribution >= 0.6 is 0 Å². The molecule has 0 bridgehead atoms. The van der Waals surface area contributed by atoms with Gasteiger partial charge >= 0.3 is 0 Å². The van der Waals surface area contributed by atoms with Crippen LogP contribution in [0.1, 0.15) is 18.4 Å². The van der Waals surface area contributed by atoms with Crippen molar-refractivity contribution >= 4 is 0 Å². The van der Waals surface area contributed by atoms with Crippen molar-refractivity contribution in [2.45, 2.75) is 24.9 Å². The van der Waals surface area contributed by atoms with Gasteiger partial charge in [0.15, 0.2) is 0 Å². The number of hydrogen-bond donors (Lipinski definition) is 2. The Morgan fingerprint density at radius 2 is 1.83 bits per heavy atom. The van der Waals surface area contributed by atoms with Gasteiger partial charge in [-0.3, -0.25) is 10.2 Å². The fourth-order valence-electron chi connectivity index (χ4n) is 3.03. The number of likely N-dealkylation sites (tertiary alicyclic amines) is 1. The summed E-state index contributed by atoms with van der Waals surface area (Å²) in [6.45, 7) is 3.76. The smallest absolute Gasteiger partial charge is 0.206 e. The monoisotopic (exact) mass is 329 g/mol. The van der Waals surface area contributed by atoms with Crippen LogP contribution in [-0.4, -0.2) is 43.7 Å². The van der Waals surface area contributed by atoms with Crippen LogP contribution < -0.4 is 10.6 Å². The highest BCUT2D eigenvalue weighted by Gasteiger charge is 2.30. The zero-order valence-electron chi connectivity index (χ0n) is 14.1. The molecule has 1 aromatic rings. The number of nitrogens with zero attached hydrogens (tertiary/aromatic N) is 3. The predicted octanol–water partition coefficient (Wildman–Crippen LogP) is 1.63. The van der Waals surface area contributed by atoms with Gasteiger partial charge < -0.3 is 5.32 Å². The van der Waals surface area contributed by atoms with Crippen LogP contribution in [0.2, 0.25) is 0 Å². The van der Waals surface area contributed by atoms with Gasteiger partial charge in [0.05, 0.1) is 0 Å². The summed E-state index contributed by atoms with van der Waals surface area (Å²) in [5, 5.41) is 24.5. The van der Waals surface area contributed by atoms with E-state index in [1.54, 1.807) is 7.05 Å². The number of benzene rings is 1. The molecule has 0 amide bonds. The van der Waals surface area contributed by atoms with Crippen molar-refractivity contribution in [3.05, 3.63) is 35.6 Å². The van der Waals surface area contributed by atoms with Crippen LogP contribution in [0, 0.1) is 34.4 Å². The van der Waals surface area contributed by atoms with Gasteiger partial charge in [0.25, 0.3) is 0 Å². The molecule has 5 nitrogen and oxygen atoms in total. The highest BCUT2D eigenvalue weighted by atomic mass is 19.1. The van der Waals surface area contributed by atoms with Crippen molar-refractivity contribution in [1.82, 2.24) is 15.5 Å². The van der Waals surface area contributed by atoms with Crippen molar-refractivity contribution in [2.75, 3.05) is 33.2 Å². The summed E-state index contributed by atoms with van der Waals surface area (Å²) in [7, 11) is 1.74. The lowest BCUT2D eigenvalue weighted by Crippen LogP contribution is -2.52.